The molecule has 2 N–H and O–H groups in total. The zero-order valence-corrected chi connectivity index (χ0v) is 21.0. The van der Waals surface area contributed by atoms with E-state index in [9.17, 15) is 0 Å². The minimum Gasteiger partial charge on any atom is -0.339 e. The Labute approximate surface area is 215 Å². The van der Waals surface area contributed by atoms with Crippen molar-refractivity contribution in [1.82, 2.24) is 25.1 Å². The Balaban J connectivity index is 1.39. The first-order valence-corrected chi connectivity index (χ1v) is 13.3. The summed E-state index contributed by atoms with van der Waals surface area (Å²) in [6.45, 7) is 0. The van der Waals surface area contributed by atoms with E-state index in [0.29, 0.717) is 23.0 Å². The van der Waals surface area contributed by atoms with E-state index >= 15 is 0 Å². The highest BCUT2D eigenvalue weighted by atomic mass is 32.2. The van der Waals surface area contributed by atoms with Crippen molar-refractivity contribution >= 4 is 68.5 Å². The average Bonchev–Trinajstić information content (AvgIpc) is 3.48. The predicted octanol–water partition coefficient (Wildman–Crippen LogP) is 6.88. The molecular formula is C26H20N6S3. The maximum Gasteiger partial charge on any atom is 0.192 e. The Kier molecular flexibility index (Phi) is 6.12. The Bertz CT molecular complexity index is 1590. The monoisotopic (exact) mass is 512 g/mol. The first kappa shape index (κ1) is 22.1. The van der Waals surface area contributed by atoms with Gasteiger partial charge in [0.1, 0.15) is 5.82 Å². The molecule has 6 nitrogen and oxygen atoms in total. The van der Waals surface area contributed by atoms with Gasteiger partial charge in [0.15, 0.2) is 10.8 Å². The van der Waals surface area contributed by atoms with Crippen molar-refractivity contribution in [3.63, 3.8) is 0 Å². The first-order chi connectivity index (χ1) is 17.2. The van der Waals surface area contributed by atoms with Crippen LogP contribution in [0.25, 0.3) is 21.3 Å². The summed E-state index contributed by atoms with van der Waals surface area (Å²) in [6, 6.07) is 26.4. The number of aromatic nitrogens is 5. The summed E-state index contributed by atoms with van der Waals surface area (Å²) in [5.41, 5.74) is 4.66. The van der Waals surface area contributed by atoms with E-state index < -0.39 is 0 Å². The zero-order chi connectivity index (χ0) is 23.6. The van der Waals surface area contributed by atoms with Crippen LogP contribution in [0.3, 0.4) is 0 Å². The molecule has 0 saturated heterocycles. The van der Waals surface area contributed by atoms with Crippen molar-refractivity contribution in [3.8, 4) is 0 Å². The number of H-pyrrole nitrogens is 1. The second-order valence-corrected chi connectivity index (χ2v) is 10.5. The van der Waals surface area contributed by atoms with E-state index in [1.807, 2.05) is 60.7 Å². The number of nitrogens with one attached hydrogen (secondary N) is 2. The number of nitrogens with zero attached hydrogens (tertiary/aromatic N) is 4. The molecule has 35 heavy (non-hydrogen) atoms. The van der Waals surface area contributed by atoms with Crippen LogP contribution in [0.5, 0.6) is 0 Å². The highest BCUT2D eigenvalue weighted by Crippen LogP contribution is 2.33. The van der Waals surface area contributed by atoms with Crippen LogP contribution >= 0.6 is 35.7 Å². The third-order valence-electron chi connectivity index (χ3n) is 5.50. The van der Waals surface area contributed by atoms with Crippen molar-refractivity contribution in [2.45, 2.75) is 22.2 Å². The molecule has 3 aromatic heterocycles. The summed E-state index contributed by atoms with van der Waals surface area (Å²) in [5.74, 6) is 1.48. The second-order valence-electron chi connectivity index (χ2n) is 7.92. The van der Waals surface area contributed by atoms with Crippen LogP contribution in [-0.4, -0.2) is 25.1 Å². The number of thiol groups is 1. The van der Waals surface area contributed by atoms with Gasteiger partial charge in [0.25, 0.3) is 0 Å². The standard InChI is InChI=1S/C26H20N6S3/c33-20-12-6-4-10-17(20)28-24-23-19(14-22-27-18-11-5-7-13-21(18)35-22)31-32-25(23)30-26(29-24)34-15-16-8-2-1-3-9-16/h1-13,33H,14-15H2,(H2,28,29,30,31,32). The molecule has 0 aliphatic heterocycles. The molecule has 0 aliphatic carbocycles. The lowest BCUT2D eigenvalue weighted by Gasteiger charge is -2.11. The van der Waals surface area contributed by atoms with Gasteiger partial charge in [0, 0.05) is 17.1 Å². The molecule has 172 valence electrons. The number of fused-ring (bicyclic) bond motifs is 2. The van der Waals surface area contributed by atoms with Crippen molar-refractivity contribution in [2.24, 2.45) is 0 Å². The zero-order valence-electron chi connectivity index (χ0n) is 18.5. The SMILES string of the molecule is Sc1ccccc1Nc1nc(SCc2ccccc2)nc2n[nH]c(Cc3nc4ccccc4s3)c12. The molecule has 0 fully saturated rings. The number of aromatic amines is 1. The van der Waals surface area contributed by atoms with Crippen LogP contribution in [0.2, 0.25) is 0 Å². The molecule has 0 radical (unpaired) electrons. The van der Waals surface area contributed by atoms with Crippen molar-refractivity contribution in [3.05, 3.63) is 95.1 Å². The topological polar surface area (TPSA) is 79.4 Å². The minimum atomic E-state index is 0.618. The van der Waals surface area contributed by atoms with E-state index in [0.717, 1.165) is 37.9 Å². The molecule has 9 heteroatoms. The number of hydrogen-bond acceptors (Lipinski definition) is 8. The van der Waals surface area contributed by atoms with Gasteiger partial charge in [-0.2, -0.15) is 5.10 Å². The van der Waals surface area contributed by atoms with Crippen LogP contribution in [0, 0.1) is 0 Å². The average molecular weight is 513 g/mol. The lowest BCUT2D eigenvalue weighted by Crippen LogP contribution is -2.00. The van der Waals surface area contributed by atoms with Gasteiger partial charge in [-0.05, 0) is 29.8 Å². The molecule has 3 aromatic carbocycles. The van der Waals surface area contributed by atoms with Crippen LogP contribution in [0.4, 0.5) is 11.5 Å². The highest BCUT2D eigenvalue weighted by molar-refractivity contribution is 7.98. The van der Waals surface area contributed by atoms with Gasteiger partial charge in [-0.15, -0.1) is 24.0 Å². The number of thioether (sulfide) groups is 1. The quantitative estimate of drug-likeness (QED) is 0.123. The fourth-order valence-electron chi connectivity index (χ4n) is 3.82. The number of rotatable bonds is 7. The fourth-order valence-corrected chi connectivity index (χ4v) is 5.81. The molecule has 0 saturated carbocycles. The summed E-state index contributed by atoms with van der Waals surface area (Å²) in [4.78, 5) is 15.3. The second kappa shape index (κ2) is 9.69. The van der Waals surface area contributed by atoms with E-state index in [1.54, 1.807) is 23.1 Å². The maximum absolute atomic E-state index is 4.90. The number of benzene rings is 3. The fraction of sp³-hybridized carbons (Fsp3) is 0.0769. The molecule has 6 rings (SSSR count). The summed E-state index contributed by atoms with van der Waals surface area (Å²) in [7, 11) is 0. The van der Waals surface area contributed by atoms with Gasteiger partial charge in [-0.1, -0.05) is 66.4 Å². The third kappa shape index (κ3) is 4.75. The van der Waals surface area contributed by atoms with Crippen LogP contribution in [0.1, 0.15) is 16.3 Å². The van der Waals surface area contributed by atoms with Gasteiger partial charge >= 0.3 is 0 Å². The lowest BCUT2D eigenvalue weighted by molar-refractivity contribution is 0.973. The number of thiazole rings is 1. The molecule has 0 atom stereocenters. The largest absolute Gasteiger partial charge is 0.339 e. The molecule has 3 heterocycles. The number of para-hydroxylation sites is 2. The first-order valence-electron chi connectivity index (χ1n) is 11.0. The molecule has 0 aliphatic rings. The van der Waals surface area contributed by atoms with Crippen LogP contribution < -0.4 is 5.32 Å². The molecule has 0 unspecified atom stereocenters. The predicted molar refractivity (Wildman–Crippen MR) is 147 cm³/mol. The smallest absolute Gasteiger partial charge is 0.192 e. The Morgan fingerprint density at radius 2 is 1.69 bits per heavy atom. The van der Waals surface area contributed by atoms with E-state index in [2.05, 4.69) is 46.3 Å². The number of hydrogen-bond donors (Lipinski definition) is 3. The molecule has 0 spiro atoms. The van der Waals surface area contributed by atoms with Crippen molar-refractivity contribution in [2.75, 3.05) is 5.32 Å². The normalized spacial score (nSPS) is 11.3. The van der Waals surface area contributed by atoms with Gasteiger partial charge in [0.05, 0.1) is 32.0 Å². The van der Waals surface area contributed by atoms with E-state index in [4.69, 9.17) is 15.0 Å². The van der Waals surface area contributed by atoms with Crippen LogP contribution in [-0.2, 0) is 12.2 Å². The third-order valence-corrected chi connectivity index (χ3v) is 7.85. The van der Waals surface area contributed by atoms with E-state index in [1.165, 1.54) is 10.3 Å². The Hall–Kier alpha value is -3.40. The lowest BCUT2D eigenvalue weighted by atomic mass is 10.2. The molecule has 0 bridgehead atoms. The Morgan fingerprint density at radius 3 is 2.54 bits per heavy atom. The highest BCUT2D eigenvalue weighted by Gasteiger charge is 2.18. The summed E-state index contributed by atoms with van der Waals surface area (Å²) >= 11 is 7.89. The molecular weight excluding hydrogens is 493 g/mol. The molecule has 0 amide bonds. The van der Waals surface area contributed by atoms with Gasteiger partial charge in [-0.25, -0.2) is 15.0 Å². The van der Waals surface area contributed by atoms with Gasteiger partial charge in [0.2, 0.25) is 0 Å². The molecule has 6 aromatic rings. The summed E-state index contributed by atoms with van der Waals surface area (Å²) in [6.07, 6.45) is 0.618. The van der Waals surface area contributed by atoms with E-state index in [-0.39, 0.29) is 0 Å². The van der Waals surface area contributed by atoms with Crippen molar-refractivity contribution in [1.29, 1.82) is 0 Å². The van der Waals surface area contributed by atoms with Crippen LogP contribution in [0.15, 0.2) is 88.9 Å². The summed E-state index contributed by atoms with van der Waals surface area (Å²) in [5, 5.41) is 13.8. The Morgan fingerprint density at radius 1 is 0.886 bits per heavy atom. The van der Waals surface area contributed by atoms with Gasteiger partial charge in [-0.3, -0.25) is 5.10 Å². The van der Waals surface area contributed by atoms with Gasteiger partial charge < -0.3 is 5.32 Å². The maximum atomic E-state index is 4.90. The van der Waals surface area contributed by atoms with Crippen molar-refractivity contribution < 1.29 is 0 Å². The summed E-state index contributed by atoms with van der Waals surface area (Å²) < 4.78 is 1.17. The number of anilines is 2. The minimum absolute atomic E-state index is 0.618.